The molecular formula is C13H22N2O3. The largest absolute Gasteiger partial charge is 0.497 e. The van der Waals surface area contributed by atoms with Crippen molar-refractivity contribution in [2.75, 3.05) is 58.3 Å². The number of nitrogens with zero attached hydrogens (tertiary/aromatic N) is 1. The molecule has 0 radical (unpaired) electrons. The van der Waals surface area contributed by atoms with E-state index in [0.717, 1.165) is 24.5 Å². The first-order chi connectivity index (χ1) is 8.71. The van der Waals surface area contributed by atoms with Crippen molar-refractivity contribution in [3.8, 4) is 5.75 Å². The third-order valence-electron chi connectivity index (χ3n) is 2.65. The van der Waals surface area contributed by atoms with Crippen molar-refractivity contribution in [1.29, 1.82) is 0 Å². The molecule has 1 aromatic rings. The lowest BCUT2D eigenvalue weighted by Gasteiger charge is -2.25. The van der Waals surface area contributed by atoms with Crippen molar-refractivity contribution in [3.63, 3.8) is 0 Å². The van der Waals surface area contributed by atoms with E-state index in [9.17, 15) is 0 Å². The standard InChI is InChI=1S/C13H22N2O3/c1-16-6-4-15(5-7-17-2)12-8-11(14)9-13(10-12)18-3/h8-10H,4-7,14H2,1-3H3. The minimum Gasteiger partial charge on any atom is -0.497 e. The van der Waals surface area contributed by atoms with E-state index < -0.39 is 0 Å². The number of nitrogens with two attached hydrogens (primary N) is 1. The summed E-state index contributed by atoms with van der Waals surface area (Å²) in [5.41, 5.74) is 7.56. The molecule has 102 valence electrons. The van der Waals surface area contributed by atoms with Crippen molar-refractivity contribution in [1.82, 2.24) is 0 Å². The van der Waals surface area contributed by atoms with Gasteiger partial charge in [0.1, 0.15) is 5.75 Å². The first-order valence-corrected chi connectivity index (χ1v) is 5.88. The van der Waals surface area contributed by atoms with Crippen LogP contribution in [0.1, 0.15) is 0 Å². The molecular weight excluding hydrogens is 232 g/mol. The molecule has 0 unspecified atom stereocenters. The fourth-order valence-electron chi connectivity index (χ4n) is 1.68. The Morgan fingerprint density at radius 3 is 2.11 bits per heavy atom. The molecule has 0 aliphatic carbocycles. The van der Waals surface area contributed by atoms with Crippen molar-refractivity contribution in [3.05, 3.63) is 18.2 Å². The van der Waals surface area contributed by atoms with E-state index in [1.165, 1.54) is 0 Å². The first-order valence-electron chi connectivity index (χ1n) is 5.88. The highest BCUT2D eigenvalue weighted by Crippen LogP contribution is 2.25. The van der Waals surface area contributed by atoms with Crippen LogP contribution in [-0.4, -0.2) is 47.6 Å². The number of rotatable bonds is 8. The second-order valence-corrected chi connectivity index (χ2v) is 3.94. The lowest BCUT2D eigenvalue weighted by atomic mass is 10.2. The number of anilines is 2. The fraction of sp³-hybridized carbons (Fsp3) is 0.538. The van der Waals surface area contributed by atoms with E-state index >= 15 is 0 Å². The van der Waals surface area contributed by atoms with Gasteiger partial charge >= 0.3 is 0 Å². The van der Waals surface area contributed by atoms with Crippen LogP contribution in [0.25, 0.3) is 0 Å². The quantitative estimate of drug-likeness (QED) is 0.710. The van der Waals surface area contributed by atoms with Gasteiger partial charge in [-0.15, -0.1) is 0 Å². The topological polar surface area (TPSA) is 57.0 Å². The van der Waals surface area contributed by atoms with Crippen molar-refractivity contribution < 1.29 is 14.2 Å². The van der Waals surface area contributed by atoms with E-state index in [-0.39, 0.29) is 0 Å². The molecule has 0 aliphatic heterocycles. The van der Waals surface area contributed by atoms with Crippen molar-refractivity contribution >= 4 is 11.4 Å². The molecule has 18 heavy (non-hydrogen) atoms. The molecule has 0 fully saturated rings. The van der Waals surface area contributed by atoms with Gasteiger partial charge in [-0.25, -0.2) is 0 Å². The third kappa shape index (κ3) is 4.43. The summed E-state index contributed by atoms with van der Waals surface area (Å²) < 4.78 is 15.5. The highest BCUT2D eigenvalue weighted by molar-refractivity contribution is 5.60. The van der Waals surface area contributed by atoms with Crippen LogP contribution in [0.3, 0.4) is 0 Å². The maximum absolute atomic E-state index is 5.86. The molecule has 5 heteroatoms. The number of benzene rings is 1. The van der Waals surface area contributed by atoms with E-state index in [1.54, 1.807) is 27.4 Å². The van der Waals surface area contributed by atoms with E-state index in [4.69, 9.17) is 19.9 Å². The van der Waals surface area contributed by atoms with Crippen LogP contribution in [0.4, 0.5) is 11.4 Å². The first kappa shape index (κ1) is 14.6. The van der Waals surface area contributed by atoms with Gasteiger partial charge < -0.3 is 24.8 Å². The predicted octanol–water partition coefficient (Wildman–Crippen LogP) is 1.38. The lowest BCUT2D eigenvalue weighted by Crippen LogP contribution is -2.30. The van der Waals surface area contributed by atoms with Crippen LogP contribution >= 0.6 is 0 Å². The van der Waals surface area contributed by atoms with Gasteiger partial charge in [-0.3, -0.25) is 0 Å². The number of ether oxygens (including phenoxy) is 3. The van der Waals surface area contributed by atoms with Gasteiger partial charge in [0.15, 0.2) is 0 Å². The number of nitrogen functional groups attached to an aromatic ring is 1. The Bertz CT molecular complexity index is 350. The SMILES string of the molecule is COCCN(CCOC)c1cc(N)cc(OC)c1. The lowest BCUT2D eigenvalue weighted by molar-refractivity contribution is 0.190. The molecule has 0 aromatic heterocycles. The Hall–Kier alpha value is -1.46. The Kier molecular flexibility index (Phi) is 6.32. The second-order valence-electron chi connectivity index (χ2n) is 3.94. The third-order valence-corrected chi connectivity index (χ3v) is 2.65. The highest BCUT2D eigenvalue weighted by atomic mass is 16.5. The monoisotopic (exact) mass is 254 g/mol. The number of hydrogen-bond acceptors (Lipinski definition) is 5. The molecule has 0 bridgehead atoms. The summed E-state index contributed by atoms with van der Waals surface area (Å²) in [5.74, 6) is 0.754. The molecule has 1 aromatic carbocycles. The minimum atomic E-state index is 0.654. The maximum Gasteiger partial charge on any atom is 0.122 e. The molecule has 0 aliphatic rings. The Balaban J connectivity index is 2.84. The van der Waals surface area contributed by atoms with Gasteiger partial charge in [0.25, 0.3) is 0 Å². The Morgan fingerprint density at radius 1 is 1.00 bits per heavy atom. The molecule has 2 N–H and O–H groups in total. The zero-order chi connectivity index (χ0) is 13.4. The van der Waals surface area contributed by atoms with Gasteiger partial charge in [0.2, 0.25) is 0 Å². The summed E-state index contributed by atoms with van der Waals surface area (Å²) in [6.07, 6.45) is 0. The summed E-state index contributed by atoms with van der Waals surface area (Å²) in [7, 11) is 5.01. The predicted molar refractivity (Wildman–Crippen MR) is 73.4 cm³/mol. The second kappa shape index (κ2) is 7.79. The van der Waals surface area contributed by atoms with E-state index in [0.29, 0.717) is 18.9 Å². The normalized spacial score (nSPS) is 10.4. The summed E-state index contributed by atoms with van der Waals surface area (Å²) in [6, 6.07) is 5.68. The molecule has 0 saturated heterocycles. The summed E-state index contributed by atoms with van der Waals surface area (Å²) in [6.45, 7) is 2.88. The minimum absolute atomic E-state index is 0.654. The van der Waals surface area contributed by atoms with Gasteiger partial charge in [-0.05, 0) is 6.07 Å². The zero-order valence-electron chi connectivity index (χ0n) is 11.3. The van der Waals surface area contributed by atoms with E-state index in [2.05, 4.69) is 4.90 Å². The fourth-order valence-corrected chi connectivity index (χ4v) is 1.68. The van der Waals surface area contributed by atoms with Gasteiger partial charge in [-0.1, -0.05) is 0 Å². The van der Waals surface area contributed by atoms with Gasteiger partial charge in [0.05, 0.1) is 20.3 Å². The van der Waals surface area contributed by atoms with Gasteiger partial charge in [0, 0.05) is 50.8 Å². The van der Waals surface area contributed by atoms with Crippen LogP contribution in [0.2, 0.25) is 0 Å². The summed E-state index contributed by atoms with van der Waals surface area (Å²) in [5, 5.41) is 0. The number of methoxy groups -OCH3 is 3. The van der Waals surface area contributed by atoms with Gasteiger partial charge in [-0.2, -0.15) is 0 Å². The maximum atomic E-state index is 5.86. The zero-order valence-corrected chi connectivity index (χ0v) is 11.3. The highest BCUT2D eigenvalue weighted by Gasteiger charge is 2.08. The number of hydrogen-bond donors (Lipinski definition) is 1. The Morgan fingerprint density at radius 2 is 1.61 bits per heavy atom. The molecule has 0 heterocycles. The van der Waals surface area contributed by atoms with Crippen molar-refractivity contribution in [2.24, 2.45) is 0 Å². The molecule has 5 nitrogen and oxygen atoms in total. The molecule has 0 spiro atoms. The van der Waals surface area contributed by atoms with Crippen LogP contribution in [-0.2, 0) is 9.47 Å². The molecule has 0 amide bonds. The van der Waals surface area contributed by atoms with Crippen LogP contribution < -0.4 is 15.4 Å². The van der Waals surface area contributed by atoms with Crippen LogP contribution in [0, 0.1) is 0 Å². The van der Waals surface area contributed by atoms with Crippen LogP contribution in [0.15, 0.2) is 18.2 Å². The smallest absolute Gasteiger partial charge is 0.122 e. The average molecular weight is 254 g/mol. The molecule has 1 rings (SSSR count). The molecule has 0 atom stereocenters. The van der Waals surface area contributed by atoms with E-state index in [1.807, 2.05) is 12.1 Å². The average Bonchev–Trinajstić information content (AvgIpc) is 2.38. The molecule has 0 saturated carbocycles. The summed E-state index contributed by atoms with van der Waals surface area (Å²) >= 11 is 0. The van der Waals surface area contributed by atoms with Crippen molar-refractivity contribution in [2.45, 2.75) is 0 Å². The summed E-state index contributed by atoms with van der Waals surface area (Å²) in [4.78, 5) is 2.16. The van der Waals surface area contributed by atoms with Crippen LogP contribution in [0.5, 0.6) is 5.75 Å². The Labute approximate surface area is 108 Å².